The summed E-state index contributed by atoms with van der Waals surface area (Å²) in [5.41, 5.74) is -0.104. The van der Waals surface area contributed by atoms with Crippen LogP contribution in [0.25, 0.3) is 0 Å². The zero-order chi connectivity index (χ0) is 29.8. The minimum absolute atomic E-state index is 0.179. The van der Waals surface area contributed by atoms with Crippen molar-refractivity contribution in [2.75, 3.05) is 24.6 Å². The zero-order valence-electron chi connectivity index (χ0n) is 24.1. The van der Waals surface area contributed by atoms with Crippen LogP contribution in [-0.2, 0) is 25.7 Å². The van der Waals surface area contributed by atoms with Crippen molar-refractivity contribution in [2.24, 2.45) is 11.8 Å². The molecule has 2 aromatic rings. The highest BCUT2D eigenvalue weighted by atomic mass is 35.5. The fourth-order valence-corrected chi connectivity index (χ4v) is 7.75. The summed E-state index contributed by atoms with van der Waals surface area (Å²) in [5.74, 6) is -2.69. The molecule has 2 fully saturated rings. The summed E-state index contributed by atoms with van der Waals surface area (Å²) in [4.78, 5) is 48.5. The second-order valence-corrected chi connectivity index (χ2v) is 12.2. The number of fused-ring (bicyclic) bond motifs is 2. The number of likely N-dealkylation sites (tertiary alicyclic amines) is 1. The van der Waals surface area contributed by atoms with Gasteiger partial charge in [0.2, 0.25) is 11.8 Å². The second kappa shape index (κ2) is 10.7. The Morgan fingerprint density at radius 2 is 1.71 bits per heavy atom. The van der Waals surface area contributed by atoms with E-state index in [0.717, 1.165) is 11.1 Å². The van der Waals surface area contributed by atoms with Crippen LogP contribution >= 0.6 is 11.6 Å². The van der Waals surface area contributed by atoms with Gasteiger partial charge in [-0.1, -0.05) is 85.3 Å². The van der Waals surface area contributed by atoms with Gasteiger partial charge in [0, 0.05) is 19.6 Å². The van der Waals surface area contributed by atoms with E-state index in [4.69, 9.17) is 16.3 Å². The number of amides is 3. The Labute approximate surface area is 251 Å². The number of hydrogen-bond acceptors (Lipinski definition) is 5. The zero-order valence-corrected chi connectivity index (χ0v) is 24.8. The van der Waals surface area contributed by atoms with Gasteiger partial charge in [-0.05, 0) is 37.5 Å². The first kappa shape index (κ1) is 28.6. The monoisotopic (exact) mass is 589 g/mol. The van der Waals surface area contributed by atoms with Gasteiger partial charge in [-0.15, -0.1) is 0 Å². The lowest BCUT2D eigenvalue weighted by Crippen LogP contribution is -2.58. The molecule has 4 aliphatic heterocycles. The van der Waals surface area contributed by atoms with Crippen molar-refractivity contribution in [2.45, 2.75) is 57.0 Å². The number of rotatable bonds is 6. The van der Waals surface area contributed by atoms with Gasteiger partial charge in [-0.3, -0.25) is 14.4 Å². The van der Waals surface area contributed by atoms with E-state index in [1.165, 1.54) is 4.90 Å². The Morgan fingerprint density at radius 1 is 0.976 bits per heavy atom. The van der Waals surface area contributed by atoms with Gasteiger partial charge in [-0.25, -0.2) is 0 Å². The lowest BCUT2D eigenvalue weighted by Gasteiger charge is -2.40. The quantitative estimate of drug-likeness (QED) is 0.516. The van der Waals surface area contributed by atoms with E-state index in [1.54, 1.807) is 22.8 Å². The maximum atomic E-state index is 14.7. The van der Waals surface area contributed by atoms with Crippen LogP contribution in [0.2, 0.25) is 5.02 Å². The van der Waals surface area contributed by atoms with Crippen LogP contribution in [0.3, 0.4) is 0 Å². The fourth-order valence-electron chi connectivity index (χ4n) is 7.42. The highest BCUT2D eigenvalue weighted by Gasteiger charge is 2.75. The molecule has 6 rings (SSSR count). The molecule has 220 valence electrons. The van der Waals surface area contributed by atoms with Crippen molar-refractivity contribution in [3.63, 3.8) is 0 Å². The largest absolute Gasteiger partial charge is 0.394 e. The molecule has 1 N–H and O–H groups in total. The van der Waals surface area contributed by atoms with Crippen LogP contribution in [0.5, 0.6) is 0 Å². The molecule has 0 saturated carbocycles. The van der Waals surface area contributed by atoms with E-state index >= 15 is 0 Å². The number of benzene rings is 2. The average molecular weight is 590 g/mol. The summed E-state index contributed by atoms with van der Waals surface area (Å²) in [6, 6.07) is 13.4. The molecule has 2 saturated heterocycles. The smallest absolute Gasteiger partial charge is 0.253 e. The van der Waals surface area contributed by atoms with Gasteiger partial charge in [0.15, 0.2) is 0 Å². The van der Waals surface area contributed by atoms with Crippen molar-refractivity contribution in [1.82, 2.24) is 9.80 Å². The molecule has 3 amide bonds. The van der Waals surface area contributed by atoms with Gasteiger partial charge >= 0.3 is 0 Å². The van der Waals surface area contributed by atoms with Gasteiger partial charge in [0.25, 0.3) is 5.91 Å². The van der Waals surface area contributed by atoms with Crippen LogP contribution in [-0.4, -0.2) is 75.6 Å². The molecule has 4 heterocycles. The fraction of sp³-hybridized carbons (Fsp3) is 0.424. The standard InChI is InChI=1S/C33H36ClN3O5/c1-4-32-15-9-17-35(19-23-12-6-5-7-13-23)29(39)25(32)26-30(40)37(22(3)20-38)28-31(41)36(18-10-16-33(26,28)42-32)27-21(2)11-8-14-24(27)34/h5-16,22,25-26,28,38H,4,17-20H2,1-3H3/t22-,25+,26+,28?,32-,33+/m1/s1. The third-order valence-corrected chi connectivity index (χ3v) is 9.68. The Morgan fingerprint density at radius 3 is 2.40 bits per heavy atom. The van der Waals surface area contributed by atoms with E-state index < -0.39 is 35.1 Å². The van der Waals surface area contributed by atoms with Crippen molar-refractivity contribution in [3.8, 4) is 0 Å². The molecule has 0 radical (unpaired) electrons. The first-order valence-corrected chi connectivity index (χ1v) is 14.9. The number of aliphatic hydroxyl groups excluding tert-OH is 1. The minimum atomic E-state index is -1.40. The molecular formula is C33H36ClN3O5. The molecule has 1 spiro atoms. The van der Waals surface area contributed by atoms with Gasteiger partial charge < -0.3 is 24.5 Å². The van der Waals surface area contributed by atoms with Gasteiger partial charge in [0.1, 0.15) is 11.6 Å². The first-order chi connectivity index (χ1) is 20.2. The van der Waals surface area contributed by atoms with E-state index in [2.05, 4.69) is 0 Å². The minimum Gasteiger partial charge on any atom is -0.394 e. The molecule has 42 heavy (non-hydrogen) atoms. The Bertz CT molecular complexity index is 1460. The van der Waals surface area contributed by atoms with Gasteiger partial charge in [-0.2, -0.15) is 0 Å². The lowest BCUT2D eigenvalue weighted by molar-refractivity contribution is -0.152. The maximum absolute atomic E-state index is 14.7. The van der Waals surface area contributed by atoms with Gasteiger partial charge in [0.05, 0.1) is 40.8 Å². The number of aliphatic hydroxyl groups is 1. The molecule has 0 aliphatic carbocycles. The van der Waals surface area contributed by atoms with Crippen LogP contribution in [0.4, 0.5) is 5.69 Å². The third kappa shape index (κ3) is 4.14. The normalized spacial score (nSPS) is 31.1. The number of nitrogens with zero attached hydrogens (tertiary/aromatic N) is 3. The van der Waals surface area contributed by atoms with Crippen LogP contribution in [0.15, 0.2) is 72.8 Å². The molecule has 2 aromatic carbocycles. The van der Waals surface area contributed by atoms with Crippen molar-refractivity contribution in [1.29, 1.82) is 0 Å². The number of halogens is 1. The van der Waals surface area contributed by atoms with Crippen LogP contribution < -0.4 is 4.90 Å². The Kier molecular flexibility index (Phi) is 7.28. The Hall–Kier alpha value is -3.46. The molecular weight excluding hydrogens is 554 g/mol. The molecule has 6 atom stereocenters. The van der Waals surface area contributed by atoms with E-state index in [0.29, 0.717) is 30.2 Å². The number of aryl methyl sites for hydroxylation is 1. The summed E-state index contributed by atoms with van der Waals surface area (Å²) < 4.78 is 7.01. The molecule has 4 aliphatic rings. The molecule has 0 bridgehead atoms. The summed E-state index contributed by atoms with van der Waals surface area (Å²) in [6.45, 7) is 6.20. The molecule has 1 unspecified atom stereocenters. The van der Waals surface area contributed by atoms with E-state index in [9.17, 15) is 19.5 Å². The molecule has 0 aromatic heterocycles. The lowest BCUT2D eigenvalue weighted by atomic mass is 9.73. The van der Waals surface area contributed by atoms with E-state index in [-0.39, 0.29) is 30.9 Å². The van der Waals surface area contributed by atoms with Crippen LogP contribution in [0, 0.1) is 18.8 Å². The summed E-state index contributed by atoms with van der Waals surface area (Å²) in [5, 5.41) is 10.7. The van der Waals surface area contributed by atoms with Crippen LogP contribution in [0.1, 0.15) is 31.4 Å². The number of para-hydroxylation sites is 1. The summed E-state index contributed by atoms with van der Waals surface area (Å²) in [6.07, 6.45) is 7.98. The first-order valence-electron chi connectivity index (χ1n) is 14.6. The van der Waals surface area contributed by atoms with Crippen molar-refractivity contribution in [3.05, 3.63) is 89.0 Å². The number of carbonyl (C=O) groups excluding carboxylic acids is 3. The Balaban J connectivity index is 1.48. The number of carbonyl (C=O) groups is 3. The summed E-state index contributed by atoms with van der Waals surface area (Å²) in [7, 11) is 0. The third-order valence-electron chi connectivity index (χ3n) is 9.37. The highest BCUT2D eigenvalue weighted by Crippen LogP contribution is 2.59. The second-order valence-electron chi connectivity index (χ2n) is 11.8. The highest BCUT2D eigenvalue weighted by molar-refractivity contribution is 6.34. The number of anilines is 1. The van der Waals surface area contributed by atoms with Crippen molar-refractivity contribution >= 4 is 35.0 Å². The molecule has 8 nitrogen and oxygen atoms in total. The molecule has 9 heteroatoms. The topological polar surface area (TPSA) is 90.4 Å². The number of ether oxygens (including phenoxy) is 1. The number of hydrogen-bond donors (Lipinski definition) is 1. The van der Waals surface area contributed by atoms with Crippen molar-refractivity contribution < 1.29 is 24.2 Å². The predicted molar refractivity (Wildman–Crippen MR) is 160 cm³/mol. The summed E-state index contributed by atoms with van der Waals surface area (Å²) >= 11 is 6.62. The SMILES string of the molecule is CC[C@@]12C=CCN(Cc3ccccc3)C(=O)[C@@H]1[C@H]1C(=O)N([C@H](C)CO)C3C(=O)N(c4c(C)cccc4Cl)CC=C[C@@]31O2. The average Bonchev–Trinajstić information content (AvgIpc) is 3.29. The van der Waals surface area contributed by atoms with E-state index in [1.807, 2.05) is 80.6 Å². The maximum Gasteiger partial charge on any atom is 0.253 e. The predicted octanol–water partition coefficient (Wildman–Crippen LogP) is 3.89.